The Morgan fingerprint density at radius 1 is 0.960 bits per heavy atom. The minimum absolute atomic E-state index is 0.287. The van der Waals surface area contributed by atoms with Gasteiger partial charge in [0.25, 0.3) is 0 Å². The van der Waals surface area contributed by atoms with Crippen molar-refractivity contribution < 1.29 is 0 Å². The van der Waals surface area contributed by atoms with Gasteiger partial charge in [0.15, 0.2) is 0 Å². The molecule has 1 aromatic heterocycles. The van der Waals surface area contributed by atoms with Crippen molar-refractivity contribution in [2.24, 2.45) is 21.5 Å². The number of aromatic nitrogens is 1. The van der Waals surface area contributed by atoms with E-state index in [1.165, 1.54) is 6.42 Å². The van der Waals surface area contributed by atoms with Gasteiger partial charge in [0.05, 0.1) is 5.69 Å². The highest BCUT2D eigenvalue weighted by molar-refractivity contribution is 6.06. The SMILES string of the molecule is Cc1c(N2C(N)=NC(N)=NC23CCCCC3)cccc1-n1cccc1. The molecule has 4 rings (SSSR count). The summed E-state index contributed by atoms with van der Waals surface area (Å²) in [4.78, 5) is 11.1. The Bertz CT molecular complexity index is 828. The van der Waals surface area contributed by atoms with E-state index in [1.807, 2.05) is 24.5 Å². The maximum Gasteiger partial charge on any atom is 0.220 e. The van der Waals surface area contributed by atoms with E-state index in [4.69, 9.17) is 16.5 Å². The number of benzene rings is 1. The summed E-state index contributed by atoms with van der Waals surface area (Å²) in [7, 11) is 0. The summed E-state index contributed by atoms with van der Waals surface area (Å²) in [6.07, 6.45) is 9.45. The first kappa shape index (κ1) is 15.7. The topological polar surface area (TPSA) is 84.9 Å². The number of aliphatic imine (C=N–C) groups is 2. The lowest BCUT2D eigenvalue weighted by molar-refractivity contribution is 0.305. The summed E-state index contributed by atoms with van der Waals surface area (Å²) in [6.45, 7) is 2.12. The second-order valence-electron chi connectivity index (χ2n) is 6.83. The molecule has 2 aliphatic rings. The Labute approximate surface area is 147 Å². The molecule has 0 saturated heterocycles. The van der Waals surface area contributed by atoms with Crippen LogP contribution in [-0.2, 0) is 0 Å². The molecule has 1 aromatic carbocycles. The second-order valence-corrected chi connectivity index (χ2v) is 6.83. The lowest BCUT2D eigenvalue weighted by atomic mass is 9.87. The van der Waals surface area contributed by atoms with Gasteiger partial charge in [0.1, 0.15) is 5.66 Å². The van der Waals surface area contributed by atoms with Gasteiger partial charge < -0.3 is 16.0 Å². The highest BCUT2D eigenvalue weighted by Gasteiger charge is 2.43. The van der Waals surface area contributed by atoms with Crippen molar-refractivity contribution in [2.75, 3.05) is 4.90 Å². The molecule has 2 aromatic rings. The Morgan fingerprint density at radius 2 is 1.64 bits per heavy atom. The largest absolute Gasteiger partial charge is 0.369 e. The molecule has 25 heavy (non-hydrogen) atoms. The highest BCUT2D eigenvalue weighted by Crippen LogP contribution is 2.41. The Balaban J connectivity index is 1.85. The first-order valence-corrected chi connectivity index (χ1v) is 8.83. The van der Waals surface area contributed by atoms with Crippen molar-refractivity contribution in [1.29, 1.82) is 0 Å². The van der Waals surface area contributed by atoms with Crippen molar-refractivity contribution in [3.05, 3.63) is 48.3 Å². The van der Waals surface area contributed by atoms with E-state index in [9.17, 15) is 0 Å². The maximum atomic E-state index is 6.35. The molecule has 0 atom stereocenters. The Hall–Kier alpha value is -2.76. The fourth-order valence-corrected chi connectivity index (χ4v) is 4.10. The normalized spacial score (nSPS) is 19.6. The molecule has 1 aliphatic heterocycles. The number of hydrogen-bond donors (Lipinski definition) is 2. The number of hydrogen-bond acceptors (Lipinski definition) is 5. The Kier molecular flexibility index (Phi) is 3.75. The highest BCUT2D eigenvalue weighted by atomic mass is 15.4. The van der Waals surface area contributed by atoms with Crippen LogP contribution in [0.15, 0.2) is 52.7 Å². The molecule has 6 heteroatoms. The summed E-state index contributed by atoms with van der Waals surface area (Å²) in [6, 6.07) is 10.3. The molecule has 1 aliphatic carbocycles. The molecule has 1 fully saturated rings. The van der Waals surface area contributed by atoms with Crippen molar-refractivity contribution >= 4 is 17.6 Å². The van der Waals surface area contributed by atoms with Gasteiger partial charge in [-0.2, -0.15) is 4.99 Å². The molecule has 0 unspecified atom stereocenters. The van der Waals surface area contributed by atoms with Gasteiger partial charge in [-0.3, -0.25) is 4.90 Å². The minimum Gasteiger partial charge on any atom is -0.369 e. The number of anilines is 1. The van der Waals surface area contributed by atoms with Crippen LogP contribution in [-0.4, -0.2) is 22.1 Å². The first-order chi connectivity index (χ1) is 12.1. The van der Waals surface area contributed by atoms with E-state index >= 15 is 0 Å². The van der Waals surface area contributed by atoms with Crippen LogP contribution in [0.3, 0.4) is 0 Å². The number of rotatable bonds is 2. The van der Waals surface area contributed by atoms with Crippen LogP contribution in [0.5, 0.6) is 0 Å². The zero-order valence-corrected chi connectivity index (χ0v) is 14.5. The van der Waals surface area contributed by atoms with Gasteiger partial charge in [0.2, 0.25) is 11.9 Å². The summed E-state index contributed by atoms with van der Waals surface area (Å²) < 4.78 is 2.11. The zero-order valence-electron chi connectivity index (χ0n) is 14.5. The van der Waals surface area contributed by atoms with Gasteiger partial charge >= 0.3 is 0 Å². The zero-order chi connectivity index (χ0) is 17.4. The lowest BCUT2D eigenvalue weighted by Gasteiger charge is -2.46. The molecule has 0 bridgehead atoms. The van der Waals surface area contributed by atoms with E-state index in [0.29, 0.717) is 5.96 Å². The smallest absolute Gasteiger partial charge is 0.220 e. The van der Waals surface area contributed by atoms with E-state index in [2.05, 4.69) is 39.6 Å². The van der Waals surface area contributed by atoms with Crippen LogP contribution in [0.1, 0.15) is 37.7 Å². The fraction of sp³-hybridized carbons (Fsp3) is 0.368. The first-order valence-electron chi connectivity index (χ1n) is 8.83. The molecule has 1 spiro atoms. The van der Waals surface area contributed by atoms with Crippen LogP contribution in [0.25, 0.3) is 5.69 Å². The Morgan fingerprint density at radius 3 is 2.36 bits per heavy atom. The number of nitrogens with zero attached hydrogens (tertiary/aromatic N) is 4. The van der Waals surface area contributed by atoms with Crippen LogP contribution < -0.4 is 16.4 Å². The van der Waals surface area contributed by atoms with E-state index in [1.54, 1.807) is 0 Å². The average Bonchev–Trinajstić information content (AvgIpc) is 3.10. The van der Waals surface area contributed by atoms with E-state index < -0.39 is 5.66 Å². The van der Waals surface area contributed by atoms with Gasteiger partial charge in [-0.1, -0.05) is 12.5 Å². The molecule has 4 N–H and O–H groups in total. The molecular weight excluding hydrogens is 312 g/mol. The second kappa shape index (κ2) is 5.95. The third-order valence-corrected chi connectivity index (χ3v) is 5.25. The van der Waals surface area contributed by atoms with Crippen LogP contribution in [0, 0.1) is 6.92 Å². The van der Waals surface area contributed by atoms with Gasteiger partial charge in [-0.05, 0) is 62.4 Å². The predicted molar refractivity (Wildman–Crippen MR) is 102 cm³/mol. The van der Waals surface area contributed by atoms with Crippen LogP contribution in [0.4, 0.5) is 5.69 Å². The average molecular weight is 336 g/mol. The van der Waals surface area contributed by atoms with Crippen molar-refractivity contribution in [3.8, 4) is 5.69 Å². The third-order valence-electron chi connectivity index (χ3n) is 5.25. The fourth-order valence-electron chi connectivity index (χ4n) is 4.10. The van der Waals surface area contributed by atoms with Gasteiger partial charge in [-0.15, -0.1) is 0 Å². The summed E-state index contributed by atoms with van der Waals surface area (Å²) in [5.41, 5.74) is 15.2. The maximum absolute atomic E-state index is 6.35. The van der Waals surface area contributed by atoms with Gasteiger partial charge in [-0.25, -0.2) is 4.99 Å². The lowest BCUT2D eigenvalue weighted by Crippen LogP contribution is -2.58. The minimum atomic E-state index is -0.408. The van der Waals surface area contributed by atoms with E-state index in [0.717, 1.165) is 42.6 Å². The van der Waals surface area contributed by atoms with Gasteiger partial charge in [0, 0.05) is 18.1 Å². The molecule has 2 heterocycles. The van der Waals surface area contributed by atoms with Crippen LogP contribution in [0.2, 0.25) is 0 Å². The number of nitrogens with two attached hydrogens (primary N) is 2. The quantitative estimate of drug-likeness (QED) is 0.884. The van der Waals surface area contributed by atoms with Crippen LogP contribution >= 0.6 is 0 Å². The summed E-state index contributed by atoms with van der Waals surface area (Å²) in [5.74, 6) is 0.719. The summed E-state index contributed by atoms with van der Waals surface area (Å²) in [5, 5.41) is 0. The molecule has 6 nitrogen and oxygen atoms in total. The molecule has 1 saturated carbocycles. The van der Waals surface area contributed by atoms with E-state index in [-0.39, 0.29) is 5.96 Å². The monoisotopic (exact) mass is 336 g/mol. The van der Waals surface area contributed by atoms with Crippen molar-refractivity contribution in [1.82, 2.24) is 4.57 Å². The van der Waals surface area contributed by atoms with Crippen molar-refractivity contribution in [2.45, 2.75) is 44.7 Å². The molecule has 0 radical (unpaired) electrons. The molecular formula is C19H24N6. The molecule has 130 valence electrons. The molecule has 0 amide bonds. The summed E-state index contributed by atoms with van der Waals surface area (Å²) >= 11 is 0. The third kappa shape index (κ3) is 2.58. The number of guanidine groups is 2. The predicted octanol–water partition coefficient (Wildman–Crippen LogP) is 2.90. The van der Waals surface area contributed by atoms with Crippen molar-refractivity contribution in [3.63, 3.8) is 0 Å². The standard InChI is InChI=1S/C19H24N6/c1-14-15(24-12-5-6-13-24)8-7-9-16(14)25-18(21)22-17(20)23-19(25)10-3-2-4-11-19/h5-9,12-13H,2-4,10-11H2,1H3,(H4,20,21,22,23).